The first-order valence-corrected chi connectivity index (χ1v) is 10.3. The second-order valence-corrected chi connectivity index (χ2v) is 7.28. The van der Waals surface area contributed by atoms with Crippen molar-refractivity contribution in [1.82, 2.24) is 9.55 Å². The number of aryl methyl sites for hydroxylation is 1. The monoisotopic (exact) mass is 451 g/mol. The van der Waals surface area contributed by atoms with Crippen molar-refractivity contribution in [2.45, 2.75) is 25.8 Å². The van der Waals surface area contributed by atoms with Crippen molar-refractivity contribution in [2.75, 3.05) is 7.05 Å². The molecule has 0 aliphatic heterocycles. The molecule has 0 fully saturated rings. The quantitative estimate of drug-likeness (QED) is 0.207. The van der Waals surface area contributed by atoms with Gasteiger partial charge in [-0.2, -0.15) is 0 Å². The lowest BCUT2D eigenvalue weighted by Gasteiger charge is -2.19. The molecule has 0 unspecified atom stereocenters. The molecule has 3 aromatic rings. The van der Waals surface area contributed by atoms with E-state index in [2.05, 4.69) is 9.98 Å². The van der Waals surface area contributed by atoms with Gasteiger partial charge in [-0.1, -0.05) is 24.3 Å². The number of imidazole rings is 1. The van der Waals surface area contributed by atoms with Crippen LogP contribution in [-0.2, 0) is 20.9 Å². The Morgan fingerprint density at radius 1 is 1.06 bits per heavy atom. The van der Waals surface area contributed by atoms with Crippen LogP contribution in [0.2, 0.25) is 0 Å². The molecule has 170 valence electrons. The zero-order chi connectivity index (χ0) is 23.8. The number of ketones is 1. The van der Waals surface area contributed by atoms with E-state index in [9.17, 15) is 18.4 Å². The van der Waals surface area contributed by atoms with Crippen molar-refractivity contribution >= 4 is 24.0 Å². The minimum absolute atomic E-state index is 0.132. The largest absolute Gasteiger partial charge is 0.422 e. The van der Waals surface area contributed by atoms with Gasteiger partial charge in [0.05, 0.1) is 6.21 Å². The third-order valence-electron chi connectivity index (χ3n) is 4.95. The molecular weight excluding hydrogens is 428 g/mol. The van der Waals surface area contributed by atoms with Gasteiger partial charge in [-0.3, -0.25) is 14.6 Å². The Morgan fingerprint density at radius 3 is 2.15 bits per heavy atom. The predicted octanol–water partition coefficient (Wildman–Crippen LogP) is 4.56. The van der Waals surface area contributed by atoms with Crippen molar-refractivity contribution in [3.05, 3.63) is 95.3 Å². The first-order chi connectivity index (χ1) is 15.9. The molecule has 33 heavy (non-hydrogen) atoms. The summed E-state index contributed by atoms with van der Waals surface area (Å²) >= 11 is 0. The lowest BCUT2D eigenvalue weighted by atomic mass is 9.88. The maximum absolute atomic E-state index is 13.5. The molecule has 0 saturated carbocycles. The number of carbonyl (C=O) groups excluding carboxylic acids is 2. The number of nitrogens with zero attached hydrogens (tertiary/aromatic N) is 3. The molecule has 8 heteroatoms. The molecule has 0 atom stereocenters. The molecule has 1 aromatic heterocycles. The standard InChI is InChI=1S/C25H23F2N3O3/c1-17(31)33-24(23(32)16-28-2)15-25-29-12-14-30(25)13-11-22(18-3-7-20(26)8-4-18)19-5-9-21(27)10-6-19/h3-10,12,14-16,22H,11,13H2,1-2H3/b24-15-,28-16?. The second-order valence-electron chi connectivity index (χ2n) is 7.28. The van der Waals surface area contributed by atoms with Crippen molar-refractivity contribution in [1.29, 1.82) is 0 Å². The normalized spacial score (nSPS) is 11.8. The Labute approximate surface area is 190 Å². The molecule has 0 saturated heterocycles. The average molecular weight is 451 g/mol. The van der Waals surface area contributed by atoms with Crippen LogP contribution < -0.4 is 0 Å². The molecule has 6 nitrogen and oxygen atoms in total. The lowest BCUT2D eigenvalue weighted by molar-refractivity contribution is -0.139. The molecule has 0 bridgehead atoms. The number of benzene rings is 2. The van der Waals surface area contributed by atoms with Crippen LogP contribution in [-0.4, -0.2) is 34.6 Å². The van der Waals surface area contributed by atoms with Crippen LogP contribution in [0.15, 0.2) is 71.7 Å². The fraction of sp³-hybridized carbons (Fsp3) is 0.200. The van der Waals surface area contributed by atoms with E-state index < -0.39 is 11.8 Å². The SMILES string of the molecule is CN=CC(=O)/C(=C/c1nccn1CCC(c1ccc(F)cc1)c1ccc(F)cc1)OC(C)=O. The Bertz CT molecular complexity index is 1120. The minimum atomic E-state index is -0.634. The van der Waals surface area contributed by atoms with Crippen molar-refractivity contribution in [3.8, 4) is 0 Å². The van der Waals surface area contributed by atoms with Gasteiger partial charge in [0, 0.05) is 44.9 Å². The van der Waals surface area contributed by atoms with Crippen LogP contribution in [0.1, 0.15) is 36.2 Å². The Morgan fingerprint density at radius 2 is 1.64 bits per heavy atom. The lowest BCUT2D eigenvalue weighted by Crippen LogP contribution is -2.12. The maximum Gasteiger partial charge on any atom is 0.308 e. The number of hydrogen-bond acceptors (Lipinski definition) is 5. The number of aliphatic imine (C=N–C) groups is 1. The van der Waals surface area contributed by atoms with E-state index in [-0.39, 0.29) is 23.3 Å². The highest BCUT2D eigenvalue weighted by molar-refractivity contribution is 6.35. The summed E-state index contributed by atoms with van der Waals surface area (Å²) in [6, 6.07) is 12.4. The van der Waals surface area contributed by atoms with Crippen molar-refractivity contribution in [2.24, 2.45) is 4.99 Å². The van der Waals surface area contributed by atoms with Gasteiger partial charge in [-0.05, 0) is 41.8 Å². The van der Waals surface area contributed by atoms with E-state index in [0.717, 1.165) is 17.3 Å². The van der Waals surface area contributed by atoms with E-state index in [1.54, 1.807) is 41.2 Å². The minimum Gasteiger partial charge on any atom is -0.422 e. The van der Waals surface area contributed by atoms with E-state index in [0.29, 0.717) is 18.8 Å². The Balaban J connectivity index is 1.88. The number of halogens is 2. The van der Waals surface area contributed by atoms with Crippen LogP contribution in [0.25, 0.3) is 6.08 Å². The van der Waals surface area contributed by atoms with Gasteiger partial charge >= 0.3 is 5.97 Å². The summed E-state index contributed by atoms with van der Waals surface area (Å²) in [5.41, 5.74) is 1.77. The van der Waals surface area contributed by atoms with Crippen LogP contribution in [0.3, 0.4) is 0 Å². The molecule has 0 aliphatic rings. The first kappa shape index (κ1) is 23.7. The van der Waals surface area contributed by atoms with Gasteiger partial charge < -0.3 is 9.30 Å². The molecule has 0 amide bonds. The van der Waals surface area contributed by atoms with Crippen LogP contribution in [0.4, 0.5) is 8.78 Å². The third kappa shape index (κ3) is 6.52. The van der Waals surface area contributed by atoms with E-state index in [1.165, 1.54) is 44.3 Å². The van der Waals surface area contributed by atoms with E-state index >= 15 is 0 Å². The second kappa shape index (κ2) is 11.1. The number of hydrogen-bond donors (Lipinski definition) is 0. The summed E-state index contributed by atoms with van der Waals surface area (Å²) in [5, 5.41) is 0. The topological polar surface area (TPSA) is 73.6 Å². The zero-order valence-corrected chi connectivity index (χ0v) is 18.2. The Hall–Kier alpha value is -3.94. The number of rotatable bonds is 9. The van der Waals surface area contributed by atoms with E-state index in [4.69, 9.17) is 4.74 Å². The number of Topliss-reactive ketones (excluding diaryl/α,β-unsaturated/α-hetero) is 1. The number of aromatic nitrogens is 2. The molecule has 0 radical (unpaired) electrons. The molecule has 0 aliphatic carbocycles. The number of ether oxygens (including phenoxy) is 1. The summed E-state index contributed by atoms with van der Waals surface area (Å²) in [4.78, 5) is 31.5. The summed E-state index contributed by atoms with van der Waals surface area (Å²) in [6.07, 6.45) is 6.33. The summed E-state index contributed by atoms with van der Waals surface area (Å²) < 4.78 is 33.8. The summed E-state index contributed by atoms with van der Waals surface area (Å²) in [5.74, 6) is -1.76. The zero-order valence-electron chi connectivity index (χ0n) is 18.2. The van der Waals surface area contributed by atoms with Crippen molar-refractivity contribution in [3.63, 3.8) is 0 Å². The maximum atomic E-state index is 13.5. The van der Waals surface area contributed by atoms with Crippen LogP contribution in [0, 0.1) is 11.6 Å². The number of esters is 1. The smallest absolute Gasteiger partial charge is 0.308 e. The molecule has 1 heterocycles. The highest BCUT2D eigenvalue weighted by atomic mass is 19.1. The number of allylic oxidation sites excluding steroid dienone is 1. The van der Waals surface area contributed by atoms with Gasteiger partial charge in [-0.15, -0.1) is 0 Å². The molecular formula is C25H23F2N3O3. The molecule has 3 rings (SSSR count). The van der Waals surface area contributed by atoms with Gasteiger partial charge in [0.25, 0.3) is 0 Å². The highest BCUT2D eigenvalue weighted by Crippen LogP contribution is 2.29. The Kier molecular flexibility index (Phi) is 7.96. The fourth-order valence-corrected chi connectivity index (χ4v) is 3.44. The van der Waals surface area contributed by atoms with Crippen LogP contribution >= 0.6 is 0 Å². The fourth-order valence-electron chi connectivity index (χ4n) is 3.44. The van der Waals surface area contributed by atoms with Crippen LogP contribution in [0.5, 0.6) is 0 Å². The molecule has 2 aromatic carbocycles. The first-order valence-electron chi connectivity index (χ1n) is 10.3. The average Bonchev–Trinajstić information content (AvgIpc) is 3.22. The molecule has 0 spiro atoms. The molecule has 0 N–H and O–H groups in total. The van der Waals surface area contributed by atoms with Gasteiger partial charge in [0.15, 0.2) is 5.76 Å². The van der Waals surface area contributed by atoms with E-state index in [1.807, 2.05) is 0 Å². The van der Waals surface area contributed by atoms with Gasteiger partial charge in [0.2, 0.25) is 5.78 Å². The number of carbonyl (C=O) groups is 2. The van der Waals surface area contributed by atoms with Crippen molar-refractivity contribution < 1.29 is 23.1 Å². The van der Waals surface area contributed by atoms with Gasteiger partial charge in [-0.25, -0.2) is 13.8 Å². The highest BCUT2D eigenvalue weighted by Gasteiger charge is 2.17. The third-order valence-corrected chi connectivity index (χ3v) is 4.95. The summed E-state index contributed by atoms with van der Waals surface area (Å²) in [6.45, 7) is 1.68. The predicted molar refractivity (Wildman–Crippen MR) is 121 cm³/mol. The summed E-state index contributed by atoms with van der Waals surface area (Å²) in [7, 11) is 1.44. The van der Waals surface area contributed by atoms with Gasteiger partial charge in [0.1, 0.15) is 17.5 Å².